The highest BCUT2D eigenvalue weighted by Gasteiger charge is 2.08. The average Bonchev–Trinajstić information content (AvgIpc) is 2.71. The number of hydrazone groups is 1. The summed E-state index contributed by atoms with van der Waals surface area (Å²) in [5.41, 5.74) is 3.67. The Kier molecular flexibility index (Phi) is 6.97. The van der Waals surface area contributed by atoms with E-state index in [4.69, 9.17) is 0 Å². The minimum Gasteiger partial charge on any atom is -0.507 e. The second-order valence-electron chi connectivity index (χ2n) is 6.39. The fraction of sp³-hybridized carbons (Fsp3) is 0.136. The number of phenols is 1. The number of carbonyl (C=O) groups excluding carboxylic acids is 2. The van der Waals surface area contributed by atoms with Gasteiger partial charge in [-0.05, 0) is 51.3 Å². The lowest BCUT2D eigenvalue weighted by molar-refractivity contribution is -0.121. The summed E-state index contributed by atoms with van der Waals surface area (Å²) >= 11 is 3.37. The van der Waals surface area contributed by atoms with Gasteiger partial charge in [0, 0.05) is 22.9 Å². The molecule has 0 unspecified atom stereocenters. The van der Waals surface area contributed by atoms with E-state index in [1.54, 1.807) is 12.1 Å². The Labute approximate surface area is 176 Å². The first kappa shape index (κ1) is 20.5. The number of nitrogens with zero attached hydrogens (tertiary/aromatic N) is 1. The molecule has 0 heterocycles. The third kappa shape index (κ3) is 5.65. The summed E-state index contributed by atoms with van der Waals surface area (Å²) in [7, 11) is 0. The maximum Gasteiger partial charge on any atom is 0.240 e. The molecule has 0 saturated carbocycles. The van der Waals surface area contributed by atoms with Crippen molar-refractivity contribution in [1.29, 1.82) is 0 Å². The van der Waals surface area contributed by atoms with Gasteiger partial charge in [0.2, 0.25) is 11.8 Å². The maximum atomic E-state index is 12.0. The minimum atomic E-state index is -0.297. The van der Waals surface area contributed by atoms with Crippen LogP contribution >= 0.6 is 15.9 Å². The molecule has 0 aliphatic heterocycles. The van der Waals surface area contributed by atoms with Crippen LogP contribution in [-0.2, 0) is 9.59 Å². The molecule has 6 nitrogen and oxygen atoms in total. The Balaban J connectivity index is 1.48. The number of rotatable bonds is 7. The summed E-state index contributed by atoms with van der Waals surface area (Å²) in [5, 5.41) is 18.6. The highest BCUT2D eigenvalue weighted by atomic mass is 79.9. The fourth-order valence-electron chi connectivity index (χ4n) is 2.83. The van der Waals surface area contributed by atoms with E-state index < -0.39 is 0 Å². The highest BCUT2D eigenvalue weighted by molar-refractivity contribution is 9.10. The van der Waals surface area contributed by atoms with Crippen LogP contribution in [0.25, 0.3) is 10.8 Å². The number of carbonyl (C=O) groups is 2. The molecule has 0 aliphatic rings. The van der Waals surface area contributed by atoms with Crippen LogP contribution in [0.3, 0.4) is 0 Å². The number of aromatic hydroxyl groups is 1. The molecule has 0 radical (unpaired) electrons. The molecule has 0 atom stereocenters. The van der Waals surface area contributed by atoms with Gasteiger partial charge in [0.15, 0.2) is 0 Å². The second-order valence-corrected chi connectivity index (χ2v) is 7.25. The van der Waals surface area contributed by atoms with E-state index >= 15 is 0 Å². The Hall–Kier alpha value is -3.19. The summed E-state index contributed by atoms with van der Waals surface area (Å²) in [6.07, 6.45) is 2.22. The van der Waals surface area contributed by atoms with Gasteiger partial charge >= 0.3 is 0 Å². The number of phenolic OH excluding ortho intramolecular Hbond substituents is 1. The molecule has 0 bridgehead atoms. The molecule has 0 aliphatic carbocycles. The number of hydrogen-bond acceptors (Lipinski definition) is 4. The van der Waals surface area contributed by atoms with Crippen molar-refractivity contribution in [3.63, 3.8) is 0 Å². The lowest BCUT2D eigenvalue weighted by Crippen LogP contribution is -2.18. The molecule has 7 heteroatoms. The smallest absolute Gasteiger partial charge is 0.240 e. The average molecular weight is 454 g/mol. The highest BCUT2D eigenvalue weighted by Crippen LogP contribution is 2.25. The molecule has 2 amide bonds. The summed E-state index contributed by atoms with van der Waals surface area (Å²) in [4.78, 5) is 23.9. The molecule has 3 N–H and O–H groups in total. The van der Waals surface area contributed by atoms with E-state index in [0.717, 1.165) is 15.2 Å². The molecule has 3 rings (SSSR count). The first-order valence-corrected chi connectivity index (χ1v) is 9.91. The van der Waals surface area contributed by atoms with E-state index in [-0.39, 0.29) is 30.4 Å². The van der Waals surface area contributed by atoms with Gasteiger partial charge in [0.25, 0.3) is 0 Å². The van der Waals surface area contributed by atoms with Crippen molar-refractivity contribution in [2.24, 2.45) is 5.10 Å². The van der Waals surface area contributed by atoms with Gasteiger partial charge in [-0.3, -0.25) is 9.59 Å². The Morgan fingerprint density at radius 2 is 1.69 bits per heavy atom. The number of halogens is 1. The molecule has 0 spiro atoms. The molecular weight excluding hydrogens is 434 g/mol. The van der Waals surface area contributed by atoms with Crippen molar-refractivity contribution in [2.45, 2.75) is 19.3 Å². The van der Waals surface area contributed by atoms with Crippen LogP contribution in [0.4, 0.5) is 5.69 Å². The number of nitrogens with one attached hydrogen (secondary N) is 2. The summed E-state index contributed by atoms with van der Waals surface area (Å²) in [6.45, 7) is 0. The van der Waals surface area contributed by atoms with E-state index in [2.05, 4.69) is 31.8 Å². The van der Waals surface area contributed by atoms with Crippen LogP contribution in [0.15, 0.2) is 70.2 Å². The van der Waals surface area contributed by atoms with Gasteiger partial charge in [-0.15, -0.1) is 0 Å². The molecule has 3 aromatic carbocycles. The largest absolute Gasteiger partial charge is 0.507 e. The Bertz CT molecular complexity index is 1070. The normalized spacial score (nSPS) is 10.9. The molecule has 29 heavy (non-hydrogen) atoms. The summed E-state index contributed by atoms with van der Waals surface area (Å²) in [5.74, 6) is -0.367. The minimum absolute atomic E-state index is 0.0884. The number of para-hydroxylation sites is 1. The topological polar surface area (TPSA) is 90.8 Å². The van der Waals surface area contributed by atoms with E-state index in [9.17, 15) is 14.7 Å². The maximum absolute atomic E-state index is 12.0. The van der Waals surface area contributed by atoms with E-state index in [1.807, 2.05) is 48.5 Å². The van der Waals surface area contributed by atoms with Crippen LogP contribution in [0.1, 0.15) is 24.8 Å². The van der Waals surface area contributed by atoms with Gasteiger partial charge in [0.1, 0.15) is 5.75 Å². The Morgan fingerprint density at radius 3 is 2.52 bits per heavy atom. The molecular formula is C22H20BrN3O3. The van der Waals surface area contributed by atoms with Gasteiger partial charge in [-0.1, -0.05) is 42.5 Å². The second kappa shape index (κ2) is 9.84. The van der Waals surface area contributed by atoms with E-state index in [1.165, 1.54) is 6.21 Å². The van der Waals surface area contributed by atoms with Gasteiger partial charge < -0.3 is 10.4 Å². The lowest BCUT2D eigenvalue weighted by Gasteiger charge is -2.07. The van der Waals surface area contributed by atoms with Crippen LogP contribution in [0.2, 0.25) is 0 Å². The lowest BCUT2D eigenvalue weighted by atomic mass is 10.0. The summed E-state index contributed by atoms with van der Waals surface area (Å²) < 4.78 is 0.803. The Morgan fingerprint density at radius 1 is 0.966 bits per heavy atom. The standard InChI is InChI=1S/C22H20BrN3O3/c23-18-8-3-4-9-19(18)25-21(28)10-5-11-22(29)26-24-14-17-16-7-2-1-6-15(16)12-13-20(17)27/h1-4,6-9,12-14,27H,5,10-11H2,(H,25,28)(H,26,29)/b24-14-. The zero-order valence-electron chi connectivity index (χ0n) is 15.6. The first-order chi connectivity index (χ1) is 14.0. The van der Waals surface area contributed by atoms with Crippen molar-refractivity contribution >= 4 is 50.4 Å². The van der Waals surface area contributed by atoms with Gasteiger partial charge in [-0.2, -0.15) is 5.10 Å². The van der Waals surface area contributed by atoms with Crippen molar-refractivity contribution in [1.82, 2.24) is 5.43 Å². The number of fused-ring (bicyclic) bond motifs is 1. The number of amides is 2. The zero-order valence-corrected chi connectivity index (χ0v) is 17.1. The van der Waals surface area contributed by atoms with Crippen molar-refractivity contribution < 1.29 is 14.7 Å². The zero-order chi connectivity index (χ0) is 20.6. The fourth-order valence-corrected chi connectivity index (χ4v) is 3.21. The molecule has 0 aromatic heterocycles. The van der Waals surface area contributed by atoms with Crippen LogP contribution in [-0.4, -0.2) is 23.1 Å². The van der Waals surface area contributed by atoms with Crippen molar-refractivity contribution in [3.8, 4) is 5.75 Å². The predicted octanol–water partition coefficient (Wildman–Crippen LogP) is 4.57. The number of anilines is 1. The molecule has 3 aromatic rings. The number of benzene rings is 3. The van der Waals surface area contributed by atoms with Crippen molar-refractivity contribution in [2.75, 3.05) is 5.32 Å². The monoisotopic (exact) mass is 453 g/mol. The van der Waals surface area contributed by atoms with Crippen LogP contribution in [0, 0.1) is 0 Å². The van der Waals surface area contributed by atoms with Gasteiger partial charge in [-0.25, -0.2) is 5.43 Å². The summed E-state index contributed by atoms with van der Waals surface area (Å²) in [6, 6.07) is 18.3. The SMILES string of the molecule is O=C(CCCC(=O)Nc1ccccc1Br)N/N=C\c1c(O)ccc2ccccc12. The third-order valence-electron chi connectivity index (χ3n) is 4.29. The van der Waals surface area contributed by atoms with Crippen LogP contribution < -0.4 is 10.7 Å². The predicted molar refractivity (Wildman–Crippen MR) is 118 cm³/mol. The molecule has 0 fully saturated rings. The first-order valence-electron chi connectivity index (χ1n) is 9.11. The van der Waals surface area contributed by atoms with Crippen LogP contribution in [0.5, 0.6) is 5.75 Å². The number of hydrogen-bond donors (Lipinski definition) is 3. The third-order valence-corrected chi connectivity index (χ3v) is 4.98. The van der Waals surface area contributed by atoms with Crippen molar-refractivity contribution in [3.05, 3.63) is 70.7 Å². The van der Waals surface area contributed by atoms with E-state index in [0.29, 0.717) is 17.7 Å². The molecule has 0 saturated heterocycles. The van der Waals surface area contributed by atoms with Gasteiger partial charge in [0.05, 0.1) is 11.9 Å². The quantitative estimate of drug-likeness (QED) is 0.361. The molecule has 148 valence electrons.